The van der Waals surface area contributed by atoms with E-state index in [4.69, 9.17) is 5.26 Å². The maximum Gasteiger partial charge on any atom is 0.305 e. The van der Waals surface area contributed by atoms with Gasteiger partial charge < -0.3 is 5.32 Å². The van der Waals surface area contributed by atoms with E-state index < -0.39 is 4.92 Å². The molecule has 0 saturated heterocycles. The van der Waals surface area contributed by atoms with Crippen LogP contribution in [0.1, 0.15) is 31.4 Å². The molecule has 2 saturated carbocycles. The molecule has 98 valence electrons. The first-order valence-electron chi connectivity index (χ1n) is 6.51. The molecule has 0 aromatic carbocycles. The number of rotatable bonds is 5. The fraction of sp³-hybridized carbons (Fsp3) is 0.538. The van der Waals surface area contributed by atoms with Gasteiger partial charge in [0.2, 0.25) is 5.69 Å². The number of hydrogen-bond acceptors (Lipinski definition) is 5. The van der Waals surface area contributed by atoms with E-state index >= 15 is 0 Å². The highest BCUT2D eigenvalue weighted by Crippen LogP contribution is 2.45. The minimum Gasteiger partial charge on any atom is -0.367 e. The molecule has 0 radical (unpaired) electrons. The zero-order valence-electron chi connectivity index (χ0n) is 10.4. The van der Waals surface area contributed by atoms with Gasteiger partial charge in [-0.3, -0.25) is 10.1 Å². The normalized spacial score (nSPS) is 18.1. The van der Waals surface area contributed by atoms with Gasteiger partial charge in [-0.25, -0.2) is 4.98 Å². The van der Waals surface area contributed by atoms with Gasteiger partial charge in [-0.15, -0.1) is 0 Å². The van der Waals surface area contributed by atoms with Crippen LogP contribution >= 0.6 is 0 Å². The molecule has 2 aliphatic carbocycles. The van der Waals surface area contributed by atoms with E-state index in [2.05, 4.69) is 10.3 Å². The molecule has 1 aromatic rings. The van der Waals surface area contributed by atoms with Gasteiger partial charge in [0, 0.05) is 12.1 Å². The largest absolute Gasteiger partial charge is 0.367 e. The van der Waals surface area contributed by atoms with Crippen molar-refractivity contribution in [3.05, 3.63) is 27.9 Å². The molecule has 2 fully saturated rings. The summed E-state index contributed by atoms with van der Waals surface area (Å²) in [4.78, 5) is 14.2. The summed E-state index contributed by atoms with van der Waals surface area (Å²) < 4.78 is 0. The van der Waals surface area contributed by atoms with Crippen LogP contribution in [-0.4, -0.2) is 15.9 Å². The molecule has 0 atom stereocenters. The molecule has 0 aliphatic heterocycles. The van der Waals surface area contributed by atoms with Crippen LogP contribution in [0, 0.1) is 33.3 Å². The quantitative estimate of drug-likeness (QED) is 0.647. The van der Waals surface area contributed by atoms with Crippen LogP contribution in [0.4, 0.5) is 11.5 Å². The van der Waals surface area contributed by atoms with Gasteiger partial charge in [0.15, 0.2) is 0 Å². The lowest BCUT2D eigenvalue weighted by molar-refractivity contribution is -0.385. The second-order valence-corrected chi connectivity index (χ2v) is 5.28. The number of anilines is 1. The predicted octanol–water partition coefficient (Wildman–Crippen LogP) is 2.46. The van der Waals surface area contributed by atoms with E-state index in [1.165, 1.54) is 31.7 Å². The van der Waals surface area contributed by atoms with Crippen molar-refractivity contribution in [1.29, 1.82) is 5.26 Å². The molecule has 3 rings (SSSR count). The first kappa shape index (κ1) is 11.9. The lowest BCUT2D eigenvalue weighted by atomic mass is 10.1. The van der Waals surface area contributed by atoms with Crippen molar-refractivity contribution in [3.8, 4) is 6.07 Å². The Balaban J connectivity index is 1.81. The Bertz CT molecular complexity index is 546. The third kappa shape index (κ3) is 2.50. The standard InChI is InChI=1S/C13H14N4O2/c14-7-10-11(17(18)19)5-6-12(15-10)16-13(8-1-2-8)9-3-4-9/h5-6,8-9,13H,1-4H2,(H,15,16). The number of aromatic nitrogens is 1. The smallest absolute Gasteiger partial charge is 0.305 e. The van der Waals surface area contributed by atoms with E-state index in [1.54, 1.807) is 12.1 Å². The number of nitriles is 1. The van der Waals surface area contributed by atoms with Gasteiger partial charge >= 0.3 is 5.69 Å². The van der Waals surface area contributed by atoms with Crippen molar-refractivity contribution in [1.82, 2.24) is 4.98 Å². The van der Waals surface area contributed by atoms with Gasteiger partial charge in [-0.05, 0) is 43.6 Å². The van der Waals surface area contributed by atoms with Crippen LogP contribution in [0.2, 0.25) is 0 Å². The molecule has 1 aromatic heterocycles. The lowest BCUT2D eigenvalue weighted by Gasteiger charge is -2.18. The molecule has 6 nitrogen and oxygen atoms in total. The van der Waals surface area contributed by atoms with Crippen LogP contribution in [0.3, 0.4) is 0 Å². The van der Waals surface area contributed by atoms with Crippen molar-refractivity contribution in [2.45, 2.75) is 31.7 Å². The molecule has 6 heteroatoms. The van der Waals surface area contributed by atoms with E-state index in [9.17, 15) is 10.1 Å². The Morgan fingerprint density at radius 2 is 2.00 bits per heavy atom. The van der Waals surface area contributed by atoms with Gasteiger partial charge in [0.1, 0.15) is 11.9 Å². The van der Waals surface area contributed by atoms with Crippen LogP contribution in [0.5, 0.6) is 0 Å². The summed E-state index contributed by atoms with van der Waals surface area (Å²) in [6, 6.07) is 5.15. The van der Waals surface area contributed by atoms with Gasteiger partial charge in [0.25, 0.3) is 0 Å². The minimum absolute atomic E-state index is 0.125. The van der Waals surface area contributed by atoms with Gasteiger partial charge in [-0.2, -0.15) is 5.26 Å². The number of hydrogen-bond donors (Lipinski definition) is 1. The molecule has 1 N–H and O–H groups in total. The highest BCUT2D eigenvalue weighted by Gasteiger charge is 2.41. The Hall–Kier alpha value is -2.16. The predicted molar refractivity (Wildman–Crippen MR) is 68.5 cm³/mol. The fourth-order valence-corrected chi connectivity index (χ4v) is 2.46. The SMILES string of the molecule is N#Cc1nc(NC(C2CC2)C2CC2)ccc1[N+](=O)[O-]. The molecule has 0 spiro atoms. The molecular weight excluding hydrogens is 244 g/mol. The summed E-state index contributed by atoms with van der Waals surface area (Å²) in [5, 5.41) is 23.0. The maximum absolute atomic E-state index is 10.7. The molecule has 1 heterocycles. The molecule has 0 bridgehead atoms. The number of nitrogens with zero attached hydrogens (tertiary/aromatic N) is 3. The summed E-state index contributed by atoms with van der Waals surface area (Å²) in [6.45, 7) is 0. The lowest BCUT2D eigenvalue weighted by Crippen LogP contribution is -2.24. The first-order chi connectivity index (χ1) is 9.19. The van der Waals surface area contributed by atoms with E-state index in [1.807, 2.05) is 0 Å². The minimum atomic E-state index is -0.575. The number of nitrogens with one attached hydrogen (secondary N) is 1. The maximum atomic E-state index is 10.7. The van der Waals surface area contributed by atoms with Crippen molar-refractivity contribution in [2.75, 3.05) is 5.32 Å². The Kier molecular flexibility index (Phi) is 2.82. The second kappa shape index (κ2) is 4.50. The highest BCUT2D eigenvalue weighted by atomic mass is 16.6. The fourth-order valence-electron chi connectivity index (χ4n) is 2.46. The summed E-state index contributed by atoms with van der Waals surface area (Å²) >= 11 is 0. The van der Waals surface area contributed by atoms with E-state index in [-0.39, 0.29) is 11.4 Å². The van der Waals surface area contributed by atoms with Crippen LogP contribution in [0.15, 0.2) is 12.1 Å². The summed E-state index contributed by atoms with van der Waals surface area (Å²) in [6.07, 6.45) is 4.97. The Labute approximate surface area is 110 Å². The van der Waals surface area contributed by atoms with Crippen molar-refractivity contribution >= 4 is 11.5 Å². The second-order valence-electron chi connectivity index (χ2n) is 5.28. The Morgan fingerprint density at radius 3 is 2.47 bits per heavy atom. The topological polar surface area (TPSA) is 91.8 Å². The summed E-state index contributed by atoms with van der Waals surface area (Å²) in [7, 11) is 0. The van der Waals surface area contributed by atoms with E-state index in [0.717, 1.165) is 0 Å². The molecule has 19 heavy (non-hydrogen) atoms. The van der Waals surface area contributed by atoms with Crippen LogP contribution < -0.4 is 5.32 Å². The molecule has 2 aliphatic rings. The van der Waals surface area contributed by atoms with Gasteiger partial charge in [0.05, 0.1) is 4.92 Å². The van der Waals surface area contributed by atoms with Crippen molar-refractivity contribution in [2.24, 2.45) is 11.8 Å². The monoisotopic (exact) mass is 258 g/mol. The van der Waals surface area contributed by atoms with Crippen molar-refractivity contribution in [3.63, 3.8) is 0 Å². The molecular formula is C13H14N4O2. The third-order valence-corrected chi connectivity index (χ3v) is 3.75. The zero-order chi connectivity index (χ0) is 13.4. The molecule has 0 unspecified atom stereocenters. The van der Waals surface area contributed by atoms with Gasteiger partial charge in [-0.1, -0.05) is 0 Å². The first-order valence-corrected chi connectivity index (χ1v) is 6.51. The summed E-state index contributed by atoms with van der Waals surface area (Å²) in [5.41, 5.74) is -0.359. The highest BCUT2D eigenvalue weighted by molar-refractivity contribution is 5.51. The van der Waals surface area contributed by atoms with E-state index in [0.29, 0.717) is 23.7 Å². The average Bonchev–Trinajstić information content (AvgIpc) is 3.28. The van der Waals surface area contributed by atoms with Crippen LogP contribution in [-0.2, 0) is 0 Å². The average molecular weight is 258 g/mol. The number of pyridine rings is 1. The van der Waals surface area contributed by atoms with Crippen LogP contribution in [0.25, 0.3) is 0 Å². The summed E-state index contributed by atoms with van der Waals surface area (Å²) in [5.74, 6) is 1.98. The zero-order valence-corrected chi connectivity index (χ0v) is 10.4. The molecule has 0 amide bonds. The third-order valence-electron chi connectivity index (χ3n) is 3.75. The Morgan fingerprint density at radius 1 is 1.37 bits per heavy atom. The number of nitro groups is 1. The van der Waals surface area contributed by atoms with Crippen molar-refractivity contribution < 1.29 is 4.92 Å².